The number of rotatable bonds is 16. The maximum absolute atomic E-state index is 5.55. The molecule has 4 nitrogen and oxygen atoms in total. The van der Waals surface area contributed by atoms with Gasteiger partial charge in [0.05, 0.1) is 0 Å². The van der Waals surface area contributed by atoms with Crippen LogP contribution in [0, 0.1) is 0 Å². The fraction of sp³-hybridized carbons (Fsp3) is 1.00. The lowest BCUT2D eigenvalue weighted by molar-refractivity contribution is -0.123. The van der Waals surface area contributed by atoms with Crippen LogP contribution in [0.4, 0.5) is 0 Å². The van der Waals surface area contributed by atoms with E-state index in [0.29, 0.717) is 0 Å². The van der Waals surface area contributed by atoms with Gasteiger partial charge in [0.15, 0.2) is 12.6 Å². The first-order valence-corrected chi connectivity index (χ1v) is 11.0. The molecule has 0 unspecified atom stereocenters. The molecule has 0 saturated heterocycles. The first-order valence-electron chi connectivity index (χ1n) is 8.16. The minimum atomic E-state index is 0.000992. The molecule has 0 spiro atoms. The Balaban J connectivity index is 3.48. The van der Waals surface area contributed by atoms with Gasteiger partial charge >= 0.3 is 0 Å². The first-order chi connectivity index (χ1) is 10.3. The highest BCUT2D eigenvalue weighted by Crippen LogP contribution is 2.08. The zero-order valence-electron chi connectivity index (χ0n) is 14.2. The molecule has 0 aromatic heterocycles. The molecule has 0 aromatic rings. The molecule has 0 saturated carbocycles. The summed E-state index contributed by atoms with van der Waals surface area (Å²) in [4.78, 5) is 0. The van der Waals surface area contributed by atoms with Gasteiger partial charge in [0.1, 0.15) is 0 Å². The lowest BCUT2D eigenvalue weighted by Gasteiger charge is -2.17. The van der Waals surface area contributed by atoms with E-state index in [0.717, 1.165) is 57.6 Å². The van der Waals surface area contributed by atoms with Gasteiger partial charge < -0.3 is 18.9 Å². The van der Waals surface area contributed by atoms with Crippen molar-refractivity contribution >= 4 is 19.0 Å². The predicted octanol–water partition coefficient (Wildman–Crippen LogP) is 3.26. The molecule has 0 amide bonds. The van der Waals surface area contributed by atoms with Gasteiger partial charge in [0, 0.05) is 45.5 Å². The summed E-state index contributed by atoms with van der Waals surface area (Å²) in [5.74, 6) is 0. The van der Waals surface area contributed by atoms with E-state index in [1.54, 1.807) is 0 Å². The fourth-order valence-corrected chi connectivity index (χ4v) is 4.41. The molecule has 4 radical (unpaired) electrons. The summed E-state index contributed by atoms with van der Waals surface area (Å²) in [5.41, 5.74) is 0. The van der Waals surface area contributed by atoms with Crippen LogP contribution >= 0.6 is 0 Å². The molecule has 0 bridgehead atoms. The van der Waals surface area contributed by atoms with E-state index in [1.165, 1.54) is 18.5 Å². The van der Waals surface area contributed by atoms with Crippen LogP contribution in [-0.4, -0.2) is 58.0 Å². The van der Waals surface area contributed by atoms with E-state index in [4.69, 9.17) is 18.9 Å². The van der Waals surface area contributed by atoms with Crippen molar-refractivity contribution in [2.75, 3.05) is 26.4 Å². The summed E-state index contributed by atoms with van der Waals surface area (Å²) in [6.07, 6.45) is 1.29. The van der Waals surface area contributed by atoms with Crippen molar-refractivity contribution in [3.8, 4) is 0 Å². The molecule has 124 valence electrons. The van der Waals surface area contributed by atoms with Crippen molar-refractivity contribution in [3.05, 3.63) is 0 Å². The highest BCUT2D eigenvalue weighted by molar-refractivity contribution is 6.37. The Morgan fingerprint density at radius 1 is 0.619 bits per heavy atom. The second-order valence-corrected chi connectivity index (χ2v) is 7.26. The first kappa shape index (κ1) is 21.3. The molecule has 0 fully saturated rings. The molecule has 0 rings (SSSR count). The van der Waals surface area contributed by atoms with Crippen LogP contribution in [0.5, 0.6) is 0 Å². The van der Waals surface area contributed by atoms with Crippen LogP contribution in [0.15, 0.2) is 0 Å². The Hall–Kier alpha value is 0.274. The second-order valence-electron chi connectivity index (χ2n) is 4.44. The molecule has 0 aromatic carbocycles. The lowest BCUT2D eigenvalue weighted by Crippen LogP contribution is -2.19. The van der Waals surface area contributed by atoms with E-state index in [9.17, 15) is 0 Å². The summed E-state index contributed by atoms with van der Waals surface area (Å²) in [7, 11) is 1.86. The quantitative estimate of drug-likeness (QED) is 0.247. The third-order valence-corrected chi connectivity index (χ3v) is 5.40. The van der Waals surface area contributed by atoms with Gasteiger partial charge in [-0.15, -0.1) is 0 Å². The predicted molar refractivity (Wildman–Crippen MR) is 89.4 cm³/mol. The van der Waals surface area contributed by atoms with E-state index < -0.39 is 0 Å². The average Bonchev–Trinajstić information content (AvgIpc) is 2.47. The molecule has 21 heavy (non-hydrogen) atoms. The maximum atomic E-state index is 5.55. The van der Waals surface area contributed by atoms with Crippen molar-refractivity contribution in [2.24, 2.45) is 0 Å². The van der Waals surface area contributed by atoms with Crippen LogP contribution in [-0.2, 0) is 18.9 Å². The van der Waals surface area contributed by atoms with Crippen LogP contribution in [0.25, 0.3) is 0 Å². The van der Waals surface area contributed by atoms with Gasteiger partial charge in [-0.3, -0.25) is 0 Å². The summed E-state index contributed by atoms with van der Waals surface area (Å²) in [6, 6.07) is 4.62. The molecule has 0 aliphatic carbocycles. The second kappa shape index (κ2) is 16.6. The summed E-state index contributed by atoms with van der Waals surface area (Å²) >= 11 is 0. The van der Waals surface area contributed by atoms with Crippen molar-refractivity contribution < 1.29 is 18.9 Å². The van der Waals surface area contributed by atoms with E-state index in [2.05, 4.69) is 0 Å². The van der Waals surface area contributed by atoms with Crippen LogP contribution in [0.2, 0.25) is 24.2 Å². The van der Waals surface area contributed by atoms with Crippen molar-refractivity contribution in [2.45, 2.75) is 70.9 Å². The molecular weight excluding hydrogens is 300 g/mol. The average molecular weight is 333 g/mol. The molecule has 0 heterocycles. The highest BCUT2D eigenvalue weighted by atomic mass is 28.2. The van der Waals surface area contributed by atoms with Crippen LogP contribution < -0.4 is 0 Å². The van der Waals surface area contributed by atoms with Crippen molar-refractivity contribution in [1.29, 1.82) is 0 Å². The Bertz CT molecular complexity index is 176. The number of hydrogen-bond acceptors (Lipinski definition) is 4. The third kappa shape index (κ3) is 13.6. The van der Waals surface area contributed by atoms with Crippen LogP contribution in [0.1, 0.15) is 34.1 Å². The minimum absolute atomic E-state index is 0.000992. The SMILES string of the molecule is CCOC(C[Si]CCC[Si]CC(OCC)OCC)OCC. The zero-order valence-corrected chi connectivity index (χ0v) is 16.2. The summed E-state index contributed by atoms with van der Waals surface area (Å²) in [5, 5.41) is 0. The van der Waals surface area contributed by atoms with Gasteiger partial charge in [-0.25, -0.2) is 0 Å². The Kier molecular flexibility index (Phi) is 16.9. The molecule has 0 N–H and O–H groups in total. The molecule has 0 atom stereocenters. The Labute approximate surface area is 135 Å². The Morgan fingerprint density at radius 2 is 0.952 bits per heavy atom. The van der Waals surface area contributed by atoms with Gasteiger partial charge in [0.2, 0.25) is 0 Å². The fourth-order valence-electron chi connectivity index (χ4n) is 1.85. The van der Waals surface area contributed by atoms with Crippen molar-refractivity contribution in [1.82, 2.24) is 0 Å². The maximum Gasteiger partial charge on any atom is 0.154 e. The van der Waals surface area contributed by atoms with Gasteiger partial charge in [-0.2, -0.15) is 0 Å². The molecule has 0 aliphatic heterocycles. The topological polar surface area (TPSA) is 36.9 Å². The van der Waals surface area contributed by atoms with Crippen molar-refractivity contribution in [3.63, 3.8) is 0 Å². The number of ether oxygens (including phenoxy) is 4. The Morgan fingerprint density at radius 3 is 1.24 bits per heavy atom. The number of hydrogen-bond donors (Lipinski definition) is 0. The minimum Gasteiger partial charge on any atom is -0.353 e. The van der Waals surface area contributed by atoms with Gasteiger partial charge in [-0.05, 0) is 39.8 Å². The third-order valence-electron chi connectivity index (χ3n) is 2.74. The normalized spacial score (nSPS) is 11.7. The molecular formula is C15H32O4Si2. The van der Waals surface area contributed by atoms with E-state index >= 15 is 0 Å². The van der Waals surface area contributed by atoms with E-state index in [-0.39, 0.29) is 12.6 Å². The van der Waals surface area contributed by atoms with Gasteiger partial charge in [-0.1, -0.05) is 18.5 Å². The lowest BCUT2D eigenvalue weighted by atomic mass is 10.6. The summed E-state index contributed by atoms with van der Waals surface area (Å²) < 4.78 is 22.2. The zero-order chi connectivity index (χ0) is 15.8. The van der Waals surface area contributed by atoms with Crippen LogP contribution in [0.3, 0.4) is 0 Å². The molecule has 6 heteroatoms. The highest BCUT2D eigenvalue weighted by Gasteiger charge is 2.09. The van der Waals surface area contributed by atoms with E-state index in [1.807, 2.05) is 27.7 Å². The van der Waals surface area contributed by atoms with Gasteiger partial charge in [0.25, 0.3) is 0 Å². The standard InChI is InChI=1S/C15H32O4Si2/c1-5-16-14(17-6-2)12-20-10-9-11-21-13-15(18-7-3)19-8-4/h14-15H,5-13H2,1-4H3. The smallest absolute Gasteiger partial charge is 0.154 e. The largest absolute Gasteiger partial charge is 0.353 e. The summed E-state index contributed by atoms with van der Waals surface area (Å²) in [6.45, 7) is 11.0. The monoisotopic (exact) mass is 332 g/mol. The molecule has 0 aliphatic rings.